The molecular formula is C15H19Cl2NO3S. The molecule has 1 saturated heterocycles. The first kappa shape index (κ1) is 16.5. The number of nitrogens with one attached hydrogen (secondary N) is 1. The van der Waals surface area contributed by atoms with E-state index in [1.54, 1.807) is 18.2 Å². The van der Waals surface area contributed by atoms with Gasteiger partial charge in [-0.2, -0.15) is 0 Å². The first-order valence-corrected chi connectivity index (χ1v) is 9.79. The van der Waals surface area contributed by atoms with Crippen molar-refractivity contribution < 1.29 is 13.2 Å². The Morgan fingerprint density at radius 1 is 1.23 bits per heavy atom. The van der Waals surface area contributed by atoms with Crippen LogP contribution in [-0.2, 0) is 21.2 Å². The van der Waals surface area contributed by atoms with Crippen LogP contribution in [0.1, 0.15) is 24.8 Å². The van der Waals surface area contributed by atoms with Gasteiger partial charge in [0.1, 0.15) is 0 Å². The van der Waals surface area contributed by atoms with Crippen molar-refractivity contribution in [3.63, 3.8) is 0 Å². The summed E-state index contributed by atoms with van der Waals surface area (Å²) in [5, 5.41) is 0.782. The van der Waals surface area contributed by atoms with Crippen LogP contribution in [0.3, 0.4) is 0 Å². The minimum atomic E-state index is -3.32. The molecule has 1 N–H and O–H groups in total. The summed E-state index contributed by atoms with van der Waals surface area (Å²) >= 11 is 12.2. The smallest absolute Gasteiger partial charge is 0.215 e. The standard InChI is InChI=1S/C15H19Cl2NO3S/c16-12-1-4-14(17)10(8-12)7-11-9-21-6-5-15(11)22(19,20)18-13-2-3-13/h1,4,8,11,13,15,18H,2-3,5-7,9H2/t11-,15+/m1/s1. The largest absolute Gasteiger partial charge is 0.381 e. The predicted octanol–water partition coefficient (Wildman–Crippen LogP) is 3.02. The number of hydrogen-bond donors (Lipinski definition) is 1. The zero-order valence-electron chi connectivity index (χ0n) is 12.1. The van der Waals surface area contributed by atoms with Crippen molar-refractivity contribution in [1.29, 1.82) is 0 Å². The average molecular weight is 364 g/mol. The highest BCUT2D eigenvalue weighted by Gasteiger charge is 2.39. The van der Waals surface area contributed by atoms with Crippen LogP contribution in [0.15, 0.2) is 18.2 Å². The van der Waals surface area contributed by atoms with E-state index < -0.39 is 15.3 Å². The number of benzene rings is 1. The Labute approximate surface area is 141 Å². The molecule has 22 heavy (non-hydrogen) atoms. The van der Waals surface area contributed by atoms with Gasteiger partial charge in [0.05, 0.1) is 11.9 Å². The van der Waals surface area contributed by atoms with Crippen LogP contribution in [0, 0.1) is 5.92 Å². The molecule has 0 radical (unpaired) electrons. The van der Waals surface area contributed by atoms with Crippen LogP contribution in [0.5, 0.6) is 0 Å². The maximum absolute atomic E-state index is 12.6. The van der Waals surface area contributed by atoms with Gasteiger partial charge in [-0.25, -0.2) is 13.1 Å². The van der Waals surface area contributed by atoms with E-state index in [2.05, 4.69) is 4.72 Å². The number of rotatable bonds is 5. The highest BCUT2D eigenvalue weighted by molar-refractivity contribution is 7.90. The van der Waals surface area contributed by atoms with Gasteiger partial charge in [0, 0.05) is 28.6 Å². The lowest BCUT2D eigenvalue weighted by Crippen LogP contribution is -2.45. The third kappa shape index (κ3) is 3.95. The van der Waals surface area contributed by atoms with E-state index in [0.717, 1.165) is 18.4 Å². The molecule has 122 valence electrons. The summed E-state index contributed by atoms with van der Waals surface area (Å²) in [4.78, 5) is 0. The number of sulfonamides is 1. The summed E-state index contributed by atoms with van der Waals surface area (Å²) in [6, 6.07) is 5.40. The molecule has 1 aromatic carbocycles. The van der Waals surface area contributed by atoms with E-state index in [9.17, 15) is 8.42 Å². The Bertz CT molecular complexity index is 646. The second kappa shape index (κ2) is 6.65. The van der Waals surface area contributed by atoms with Crippen molar-refractivity contribution in [3.05, 3.63) is 33.8 Å². The van der Waals surface area contributed by atoms with E-state index in [4.69, 9.17) is 27.9 Å². The molecule has 0 aromatic heterocycles. The van der Waals surface area contributed by atoms with Gasteiger partial charge >= 0.3 is 0 Å². The van der Waals surface area contributed by atoms with E-state index in [1.807, 2.05) is 0 Å². The summed E-state index contributed by atoms with van der Waals surface area (Å²) in [5.74, 6) is -0.110. The Hall–Kier alpha value is -0.330. The first-order valence-electron chi connectivity index (χ1n) is 7.48. The topological polar surface area (TPSA) is 55.4 Å². The molecule has 2 atom stereocenters. The molecule has 0 unspecified atom stereocenters. The number of hydrogen-bond acceptors (Lipinski definition) is 3. The first-order chi connectivity index (χ1) is 10.5. The fourth-order valence-corrected chi connectivity index (χ4v) is 5.23. The SMILES string of the molecule is O=S(=O)(NC1CC1)[C@H]1CCOC[C@H]1Cc1cc(Cl)ccc1Cl. The fourth-order valence-electron chi connectivity index (χ4n) is 2.88. The lowest BCUT2D eigenvalue weighted by atomic mass is 9.93. The average Bonchev–Trinajstić information content (AvgIpc) is 3.26. The molecule has 0 spiro atoms. The Kier molecular flexibility index (Phi) is 5.00. The Balaban J connectivity index is 1.78. The highest BCUT2D eigenvalue weighted by atomic mass is 35.5. The van der Waals surface area contributed by atoms with Gasteiger partial charge in [0.2, 0.25) is 10.0 Å². The molecule has 2 fully saturated rings. The number of ether oxygens (including phenoxy) is 1. The van der Waals surface area contributed by atoms with Crippen LogP contribution in [0.4, 0.5) is 0 Å². The van der Waals surface area contributed by atoms with Gasteiger partial charge in [0.25, 0.3) is 0 Å². The van der Waals surface area contributed by atoms with E-state index >= 15 is 0 Å². The molecule has 4 nitrogen and oxygen atoms in total. The maximum Gasteiger partial charge on any atom is 0.215 e. The predicted molar refractivity (Wildman–Crippen MR) is 88.0 cm³/mol. The molecule has 0 bridgehead atoms. The highest BCUT2D eigenvalue weighted by Crippen LogP contribution is 2.30. The molecule has 3 rings (SSSR count). The van der Waals surface area contributed by atoms with Crippen LogP contribution in [-0.4, -0.2) is 32.9 Å². The van der Waals surface area contributed by atoms with E-state index in [-0.39, 0.29) is 12.0 Å². The van der Waals surface area contributed by atoms with Crippen molar-refractivity contribution in [3.8, 4) is 0 Å². The van der Waals surface area contributed by atoms with Gasteiger partial charge in [-0.3, -0.25) is 0 Å². The Morgan fingerprint density at radius 3 is 2.73 bits per heavy atom. The molecule has 1 saturated carbocycles. The van der Waals surface area contributed by atoms with Crippen LogP contribution in [0.25, 0.3) is 0 Å². The molecule has 1 aromatic rings. The van der Waals surface area contributed by atoms with Crippen molar-refractivity contribution >= 4 is 33.2 Å². The quantitative estimate of drug-likeness (QED) is 0.874. The minimum absolute atomic E-state index is 0.110. The third-order valence-corrected chi connectivity index (χ3v) is 6.88. The lowest BCUT2D eigenvalue weighted by molar-refractivity contribution is 0.0570. The van der Waals surface area contributed by atoms with Gasteiger partial charge in [-0.1, -0.05) is 23.2 Å². The van der Waals surface area contributed by atoms with Crippen molar-refractivity contribution in [1.82, 2.24) is 4.72 Å². The zero-order chi connectivity index (χ0) is 15.7. The minimum Gasteiger partial charge on any atom is -0.381 e. The maximum atomic E-state index is 12.6. The Morgan fingerprint density at radius 2 is 2.00 bits per heavy atom. The van der Waals surface area contributed by atoms with Crippen LogP contribution in [0.2, 0.25) is 10.0 Å². The summed E-state index contributed by atoms with van der Waals surface area (Å²) in [6.07, 6.45) is 2.95. The third-order valence-electron chi connectivity index (χ3n) is 4.20. The summed E-state index contributed by atoms with van der Waals surface area (Å²) in [7, 11) is -3.32. The van der Waals surface area contributed by atoms with E-state index in [1.165, 1.54) is 0 Å². The molecule has 0 amide bonds. The van der Waals surface area contributed by atoms with Crippen LogP contribution < -0.4 is 4.72 Å². The second-order valence-corrected chi connectivity index (χ2v) is 8.81. The number of halogens is 2. The summed E-state index contributed by atoms with van der Waals surface area (Å²) < 4.78 is 33.4. The molecule has 1 heterocycles. The molecule has 7 heteroatoms. The zero-order valence-corrected chi connectivity index (χ0v) is 14.4. The van der Waals surface area contributed by atoms with Gasteiger partial charge < -0.3 is 4.74 Å². The van der Waals surface area contributed by atoms with Crippen molar-refractivity contribution in [2.45, 2.75) is 37.0 Å². The molecule has 1 aliphatic carbocycles. The summed E-state index contributed by atoms with van der Waals surface area (Å²) in [6.45, 7) is 0.912. The monoisotopic (exact) mass is 363 g/mol. The van der Waals surface area contributed by atoms with Gasteiger partial charge in [-0.15, -0.1) is 0 Å². The van der Waals surface area contributed by atoms with Crippen molar-refractivity contribution in [2.24, 2.45) is 5.92 Å². The van der Waals surface area contributed by atoms with Gasteiger partial charge in [0.15, 0.2) is 0 Å². The normalized spacial score (nSPS) is 26.1. The molecule has 1 aliphatic heterocycles. The van der Waals surface area contributed by atoms with E-state index in [0.29, 0.717) is 36.1 Å². The van der Waals surface area contributed by atoms with Crippen LogP contribution >= 0.6 is 23.2 Å². The fraction of sp³-hybridized carbons (Fsp3) is 0.600. The van der Waals surface area contributed by atoms with Gasteiger partial charge in [-0.05, 0) is 49.4 Å². The van der Waals surface area contributed by atoms with Crippen molar-refractivity contribution in [2.75, 3.05) is 13.2 Å². The molecular weight excluding hydrogens is 345 g/mol. The second-order valence-electron chi connectivity index (χ2n) is 6.04. The lowest BCUT2D eigenvalue weighted by Gasteiger charge is -2.31. The summed E-state index contributed by atoms with van der Waals surface area (Å²) in [5.41, 5.74) is 0.872. The molecule has 2 aliphatic rings.